The number of hydrogen-bond acceptors (Lipinski definition) is 2. The topological polar surface area (TPSA) is 30.7 Å². The highest BCUT2D eigenvalue weighted by Crippen LogP contribution is 2.18. The van der Waals surface area contributed by atoms with Crippen molar-refractivity contribution in [2.75, 3.05) is 5.88 Å². The molecule has 0 aliphatic carbocycles. The lowest BCUT2D eigenvalue weighted by Crippen LogP contribution is -2.08. The van der Waals surface area contributed by atoms with Crippen LogP contribution in [0.25, 0.3) is 11.2 Å². The van der Waals surface area contributed by atoms with Crippen LogP contribution in [0.15, 0.2) is 36.5 Å². The van der Waals surface area contributed by atoms with Crippen LogP contribution in [0, 0.1) is 11.6 Å². The fraction of sp³-hybridized carbons (Fsp3) is 0.200. The number of aromatic nitrogens is 3. The quantitative estimate of drug-likeness (QED) is 0.690. The minimum Gasteiger partial charge on any atom is -0.308 e. The number of benzene rings is 1. The van der Waals surface area contributed by atoms with Gasteiger partial charge in [-0.05, 0) is 30.3 Å². The van der Waals surface area contributed by atoms with Crippen LogP contribution in [0.3, 0.4) is 0 Å². The van der Waals surface area contributed by atoms with Gasteiger partial charge in [-0.15, -0.1) is 11.6 Å². The van der Waals surface area contributed by atoms with Gasteiger partial charge in [-0.2, -0.15) is 0 Å². The lowest BCUT2D eigenvalue weighted by Gasteiger charge is -2.09. The van der Waals surface area contributed by atoms with Crippen LogP contribution < -0.4 is 0 Å². The molecule has 1 aromatic carbocycles. The Kier molecular flexibility index (Phi) is 3.84. The first kappa shape index (κ1) is 13.9. The summed E-state index contributed by atoms with van der Waals surface area (Å²) in [6.45, 7) is 0.170. The van der Waals surface area contributed by atoms with E-state index in [1.165, 1.54) is 6.07 Å². The summed E-state index contributed by atoms with van der Waals surface area (Å²) in [5, 5.41) is 0. The number of rotatable bonds is 4. The molecule has 2 heterocycles. The highest BCUT2D eigenvalue weighted by atomic mass is 35.5. The summed E-state index contributed by atoms with van der Waals surface area (Å²) in [7, 11) is 0. The van der Waals surface area contributed by atoms with Gasteiger partial charge in [0.05, 0.1) is 6.54 Å². The van der Waals surface area contributed by atoms with Crippen molar-refractivity contribution >= 4 is 22.8 Å². The van der Waals surface area contributed by atoms with E-state index in [1.54, 1.807) is 16.8 Å². The number of pyridine rings is 1. The Morgan fingerprint density at radius 2 is 2.05 bits per heavy atom. The molecule has 0 saturated carbocycles. The Balaban J connectivity index is 2.10. The van der Waals surface area contributed by atoms with Crippen molar-refractivity contribution < 1.29 is 8.78 Å². The number of aryl methyl sites for hydroxylation is 1. The van der Waals surface area contributed by atoms with Crippen molar-refractivity contribution in [1.82, 2.24) is 14.5 Å². The maximum absolute atomic E-state index is 13.8. The molecule has 0 unspecified atom stereocenters. The van der Waals surface area contributed by atoms with E-state index in [4.69, 9.17) is 11.6 Å². The van der Waals surface area contributed by atoms with Crippen molar-refractivity contribution in [2.24, 2.45) is 0 Å². The van der Waals surface area contributed by atoms with Crippen molar-refractivity contribution in [1.29, 1.82) is 0 Å². The molecule has 0 amide bonds. The summed E-state index contributed by atoms with van der Waals surface area (Å²) >= 11 is 5.79. The number of fused-ring (bicyclic) bond motifs is 1. The molecule has 0 saturated heterocycles. The third kappa shape index (κ3) is 2.74. The fourth-order valence-electron chi connectivity index (χ4n) is 2.28. The first-order chi connectivity index (χ1) is 10.2. The van der Waals surface area contributed by atoms with E-state index in [2.05, 4.69) is 9.97 Å². The van der Waals surface area contributed by atoms with E-state index in [0.29, 0.717) is 23.8 Å². The van der Waals surface area contributed by atoms with Crippen molar-refractivity contribution in [3.63, 3.8) is 0 Å². The van der Waals surface area contributed by atoms with Crippen LogP contribution in [0.2, 0.25) is 0 Å². The molecule has 0 aliphatic rings. The molecule has 0 fully saturated rings. The Morgan fingerprint density at radius 3 is 2.86 bits per heavy atom. The summed E-state index contributed by atoms with van der Waals surface area (Å²) in [4.78, 5) is 8.72. The zero-order chi connectivity index (χ0) is 14.8. The summed E-state index contributed by atoms with van der Waals surface area (Å²) in [6.07, 6.45) is 2.18. The monoisotopic (exact) mass is 307 g/mol. The minimum absolute atomic E-state index is 0.170. The average Bonchev–Trinajstić information content (AvgIpc) is 2.81. The zero-order valence-corrected chi connectivity index (χ0v) is 11.8. The van der Waals surface area contributed by atoms with Gasteiger partial charge in [0.2, 0.25) is 0 Å². The summed E-state index contributed by atoms with van der Waals surface area (Å²) in [6, 6.07) is 7.03. The van der Waals surface area contributed by atoms with E-state index in [1.807, 2.05) is 6.07 Å². The molecule has 0 atom stereocenters. The SMILES string of the molecule is Fc1ccc(F)c(Cn2c(CCCl)nc3cccnc32)c1. The maximum Gasteiger partial charge on any atom is 0.160 e. The second-order valence-electron chi connectivity index (χ2n) is 4.64. The normalized spacial score (nSPS) is 11.2. The number of halogens is 3. The smallest absolute Gasteiger partial charge is 0.160 e. The number of alkyl halides is 1. The van der Waals surface area contributed by atoms with Crippen molar-refractivity contribution in [3.05, 3.63) is 59.6 Å². The zero-order valence-electron chi connectivity index (χ0n) is 11.1. The van der Waals surface area contributed by atoms with Crippen LogP contribution in [0.4, 0.5) is 8.78 Å². The van der Waals surface area contributed by atoms with E-state index in [0.717, 1.165) is 17.6 Å². The number of imidazole rings is 1. The molecule has 3 rings (SSSR count). The van der Waals surface area contributed by atoms with Crippen LogP contribution in [0.1, 0.15) is 11.4 Å². The van der Waals surface area contributed by atoms with E-state index < -0.39 is 11.6 Å². The summed E-state index contributed by atoms with van der Waals surface area (Å²) in [5.41, 5.74) is 1.62. The maximum atomic E-state index is 13.8. The lowest BCUT2D eigenvalue weighted by atomic mass is 10.2. The van der Waals surface area contributed by atoms with Gasteiger partial charge >= 0.3 is 0 Å². The minimum atomic E-state index is -0.470. The Labute approximate surface area is 125 Å². The predicted molar refractivity (Wildman–Crippen MR) is 77.4 cm³/mol. The number of hydrogen-bond donors (Lipinski definition) is 0. The molecule has 3 nitrogen and oxygen atoms in total. The molecular weight excluding hydrogens is 296 g/mol. The summed E-state index contributed by atoms with van der Waals surface area (Å²) < 4.78 is 28.9. The lowest BCUT2D eigenvalue weighted by molar-refractivity contribution is 0.575. The van der Waals surface area contributed by atoms with Gasteiger partial charge in [0.1, 0.15) is 23.0 Å². The van der Waals surface area contributed by atoms with Crippen molar-refractivity contribution in [2.45, 2.75) is 13.0 Å². The van der Waals surface area contributed by atoms with E-state index in [9.17, 15) is 8.78 Å². The Hall–Kier alpha value is -2.01. The van der Waals surface area contributed by atoms with Gasteiger partial charge in [-0.25, -0.2) is 18.7 Å². The predicted octanol–water partition coefficient (Wildman–Crippen LogP) is 3.54. The van der Waals surface area contributed by atoms with Crippen molar-refractivity contribution in [3.8, 4) is 0 Å². The van der Waals surface area contributed by atoms with Gasteiger partial charge in [-0.3, -0.25) is 0 Å². The molecule has 108 valence electrons. The molecule has 0 aliphatic heterocycles. The third-order valence-electron chi connectivity index (χ3n) is 3.24. The molecular formula is C15H12ClF2N3. The highest BCUT2D eigenvalue weighted by molar-refractivity contribution is 6.17. The standard InChI is InChI=1S/C15H12ClF2N3/c16-6-5-14-20-13-2-1-7-19-15(13)21(14)9-10-8-11(17)3-4-12(10)18/h1-4,7-8H,5-6,9H2. The molecule has 0 N–H and O–H groups in total. The largest absolute Gasteiger partial charge is 0.308 e. The third-order valence-corrected chi connectivity index (χ3v) is 3.43. The van der Waals surface area contributed by atoms with Crippen LogP contribution >= 0.6 is 11.6 Å². The van der Waals surface area contributed by atoms with Gasteiger partial charge in [0, 0.05) is 24.1 Å². The highest BCUT2D eigenvalue weighted by Gasteiger charge is 2.13. The van der Waals surface area contributed by atoms with Gasteiger partial charge in [0.15, 0.2) is 5.65 Å². The molecule has 3 aromatic rings. The molecule has 6 heteroatoms. The first-order valence-electron chi connectivity index (χ1n) is 6.49. The van der Waals surface area contributed by atoms with E-state index in [-0.39, 0.29) is 12.1 Å². The van der Waals surface area contributed by atoms with Crippen LogP contribution in [0.5, 0.6) is 0 Å². The second-order valence-corrected chi connectivity index (χ2v) is 5.01. The molecule has 0 bridgehead atoms. The van der Waals surface area contributed by atoms with Crippen LogP contribution in [-0.2, 0) is 13.0 Å². The molecule has 21 heavy (non-hydrogen) atoms. The summed E-state index contributed by atoms with van der Waals surface area (Å²) in [5.74, 6) is 0.186. The number of nitrogens with zero attached hydrogens (tertiary/aromatic N) is 3. The van der Waals surface area contributed by atoms with Gasteiger partial charge in [-0.1, -0.05) is 0 Å². The Bertz CT molecular complexity index is 786. The Morgan fingerprint density at radius 1 is 1.19 bits per heavy atom. The molecule has 0 radical (unpaired) electrons. The average molecular weight is 308 g/mol. The van der Waals surface area contributed by atoms with Gasteiger partial charge in [0.25, 0.3) is 0 Å². The first-order valence-corrected chi connectivity index (χ1v) is 7.02. The molecule has 2 aromatic heterocycles. The fourth-order valence-corrected chi connectivity index (χ4v) is 2.45. The second kappa shape index (κ2) is 5.77. The van der Waals surface area contributed by atoms with Crippen LogP contribution in [-0.4, -0.2) is 20.4 Å². The van der Waals surface area contributed by atoms with Gasteiger partial charge < -0.3 is 4.57 Å². The van der Waals surface area contributed by atoms with E-state index >= 15 is 0 Å². The molecule has 0 spiro atoms.